The molecular formula is C28H31ClN4O7. The highest BCUT2D eigenvalue weighted by Crippen LogP contribution is 2.37. The molecule has 0 saturated heterocycles. The minimum atomic E-state index is -1.34. The number of rotatable bonds is 5. The van der Waals surface area contributed by atoms with Gasteiger partial charge in [0.2, 0.25) is 5.91 Å². The summed E-state index contributed by atoms with van der Waals surface area (Å²) in [6.07, 6.45) is 4.35. The summed E-state index contributed by atoms with van der Waals surface area (Å²) in [4.78, 5) is 56.6. The van der Waals surface area contributed by atoms with Gasteiger partial charge in [0.25, 0.3) is 5.91 Å². The van der Waals surface area contributed by atoms with Crippen LogP contribution in [0.1, 0.15) is 73.8 Å². The van der Waals surface area contributed by atoms with Gasteiger partial charge in [-0.1, -0.05) is 36.9 Å². The Kier molecular flexibility index (Phi) is 8.34. The molecule has 1 saturated carbocycles. The van der Waals surface area contributed by atoms with Gasteiger partial charge in [-0.2, -0.15) is 0 Å². The second kappa shape index (κ2) is 11.5. The summed E-state index contributed by atoms with van der Waals surface area (Å²) in [5, 5.41) is 15.4. The van der Waals surface area contributed by atoms with Gasteiger partial charge in [0.05, 0.1) is 10.6 Å². The lowest BCUT2D eigenvalue weighted by Gasteiger charge is -2.36. The van der Waals surface area contributed by atoms with Crippen molar-refractivity contribution in [1.29, 1.82) is 0 Å². The molecule has 1 aliphatic rings. The number of benzene rings is 1. The highest BCUT2D eigenvalue weighted by molar-refractivity contribution is 6.30. The fraction of sp³-hybridized carbons (Fsp3) is 0.393. The van der Waals surface area contributed by atoms with E-state index < -0.39 is 35.4 Å². The number of pyridine rings is 1. The van der Waals surface area contributed by atoms with E-state index in [1.807, 2.05) is 0 Å². The van der Waals surface area contributed by atoms with Crippen molar-refractivity contribution in [3.63, 3.8) is 0 Å². The number of halogens is 1. The van der Waals surface area contributed by atoms with Crippen LogP contribution in [0, 0.1) is 5.92 Å². The number of aromatic nitrogens is 1. The van der Waals surface area contributed by atoms with Crippen molar-refractivity contribution < 1.29 is 33.4 Å². The normalized spacial score (nSPS) is 14.0. The molecule has 1 aliphatic carbocycles. The lowest BCUT2D eigenvalue weighted by molar-refractivity contribution is -0.126. The third-order valence-electron chi connectivity index (χ3n) is 6.42. The highest BCUT2D eigenvalue weighted by atomic mass is 35.5. The van der Waals surface area contributed by atoms with Gasteiger partial charge in [-0.3, -0.25) is 9.59 Å². The summed E-state index contributed by atoms with van der Waals surface area (Å²) in [6.45, 7) is 5.05. The van der Waals surface area contributed by atoms with Crippen molar-refractivity contribution in [3.8, 4) is 0 Å². The molecule has 1 aromatic carbocycles. The van der Waals surface area contributed by atoms with Gasteiger partial charge in [-0.25, -0.2) is 24.6 Å². The van der Waals surface area contributed by atoms with E-state index in [1.165, 1.54) is 37.5 Å². The van der Waals surface area contributed by atoms with E-state index in [0.29, 0.717) is 23.3 Å². The first-order valence-corrected chi connectivity index (χ1v) is 13.3. The fourth-order valence-corrected chi connectivity index (χ4v) is 4.66. The quantitative estimate of drug-likeness (QED) is 0.349. The number of carbonyl (C=O) groups excluding carboxylic acids is 3. The summed E-state index contributed by atoms with van der Waals surface area (Å²) < 4.78 is 11.4. The van der Waals surface area contributed by atoms with E-state index in [0.717, 1.165) is 29.3 Å². The second-order valence-corrected chi connectivity index (χ2v) is 11.0. The third-order valence-corrected chi connectivity index (χ3v) is 6.64. The van der Waals surface area contributed by atoms with Gasteiger partial charge in [-0.05, 0) is 57.9 Å². The molecule has 0 unspecified atom stereocenters. The van der Waals surface area contributed by atoms with Crippen LogP contribution in [0.3, 0.4) is 0 Å². The number of hydrazine groups is 1. The maximum absolute atomic E-state index is 14.0. The number of hydrogen-bond donors (Lipinski definition) is 2. The number of anilines is 2. The maximum atomic E-state index is 14.0. The second-order valence-electron chi connectivity index (χ2n) is 10.6. The molecular weight excluding hydrogens is 540 g/mol. The number of amides is 3. The number of carbonyl (C=O) groups is 4. The molecule has 2 N–H and O–H groups in total. The Labute approximate surface area is 236 Å². The molecule has 212 valence electrons. The van der Waals surface area contributed by atoms with Gasteiger partial charge < -0.3 is 19.6 Å². The van der Waals surface area contributed by atoms with E-state index >= 15 is 0 Å². The molecule has 3 amide bonds. The Morgan fingerprint density at radius 1 is 1.10 bits per heavy atom. The molecule has 2 heterocycles. The largest absolute Gasteiger partial charge is 0.478 e. The predicted molar refractivity (Wildman–Crippen MR) is 148 cm³/mol. The number of nitrogens with one attached hydrogen (secondary N) is 1. The number of fused-ring (bicyclic) bond motifs is 1. The van der Waals surface area contributed by atoms with Crippen LogP contribution < -0.4 is 10.3 Å². The molecule has 0 bridgehead atoms. The molecule has 2 aromatic heterocycles. The van der Waals surface area contributed by atoms with Crippen molar-refractivity contribution in [2.75, 3.05) is 17.4 Å². The molecule has 0 aliphatic heterocycles. The number of carboxylic acids is 1. The molecule has 11 nitrogen and oxygen atoms in total. The van der Waals surface area contributed by atoms with Crippen LogP contribution in [0.5, 0.6) is 0 Å². The lowest BCUT2D eigenvalue weighted by atomic mass is 9.88. The van der Waals surface area contributed by atoms with Gasteiger partial charge in [0.1, 0.15) is 17.1 Å². The first kappa shape index (κ1) is 28.9. The Morgan fingerprint density at radius 3 is 2.40 bits per heavy atom. The smallest absolute Gasteiger partial charge is 0.429 e. The Bertz CT molecular complexity index is 1440. The average molecular weight is 571 g/mol. The van der Waals surface area contributed by atoms with Crippen LogP contribution in [-0.2, 0) is 9.53 Å². The van der Waals surface area contributed by atoms with Gasteiger partial charge in [0, 0.05) is 24.5 Å². The number of carboxylic acid groups (broad SMARTS) is 1. The molecule has 1 fully saturated rings. The van der Waals surface area contributed by atoms with Crippen LogP contribution in [0.25, 0.3) is 11.0 Å². The zero-order valence-electron chi connectivity index (χ0n) is 22.7. The van der Waals surface area contributed by atoms with Crippen LogP contribution in [0.15, 0.2) is 40.9 Å². The molecule has 3 aromatic rings. The Hall–Kier alpha value is -4.12. The minimum absolute atomic E-state index is 0.0475. The molecule has 0 radical (unpaired) electrons. The Balaban J connectivity index is 1.83. The summed E-state index contributed by atoms with van der Waals surface area (Å²) in [6, 6.07) is 7.27. The minimum Gasteiger partial charge on any atom is -0.478 e. The molecule has 40 heavy (non-hydrogen) atoms. The van der Waals surface area contributed by atoms with Crippen molar-refractivity contribution in [2.24, 2.45) is 5.92 Å². The predicted octanol–water partition coefficient (Wildman–Crippen LogP) is 6.13. The Morgan fingerprint density at radius 2 is 1.80 bits per heavy atom. The van der Waals surface area contributed by atoms with E-state index in [2.05, 4.69) is 10.3 Å². The van der Waals surface area contributed by atoms with E-state index in [4.69, 9.17) is 20.8 Å². The monoisotopic (exact) mass is 570 g/mol. The van der Waals surface area contributed by atoms with Crippen molar-refractivity contribution in [2.45, 2.75) is 58.5 Å². The zero-order valence-corrected chi connectivity index (χ0v) is 23.4. The lowest BCUT2D eigenvalue weighted by Crippen LogP contribution is -2.52. The van der Waals surface area contributed by atoms with Gasteiger partial charge in [0.15, 0.2) is 11.3 Å². The first-order chi connectivity index (χ1) is 18.9. The van der Waals surface area contributed by atoms with Gasteiger partial charge >= 0.3 is 12.1 Å². The van der Waals surface area contributed by atoms with E-state index in [-0.39, 0.29) is 28.4 Å². The summed E-state index contributed by atoms with van der Waals surface area (Å²) in [5.74, 6) is -2.83. The van der Waals surface area contributed by atoms with Crippen LogP contribution in [0.2, 0.25) is 5.02 Å². The van der Waals surface area contributed by atoms with Crippen LogP contribution >= 0.6 is 11.6 Å². The highest BCUT2D eigenvalue weighted by Gasteiger charge is 2.37. The van der Waals surface area contributed by atoms with Crippen molar-refractivity contribution in [1.82, 2.24) is 9.99 Å². The SMILES string of the molecule is CN(C(=O)OC(C)(C)C)N(C(=O)C1CCCCC1)c1c(C(=O)O)ccc2cc(C(=O)Nc3ccc(Cl)cn3)oc12. The standard InChI is InChI=1S/C28H31ClN4O7/c1-28(2,3)40-27(38)32(4)33(25(35)16-8-6-5-7-9-16)22-19(26(36)37)12-10-17-14-20(39-23(17)22)24(34)31-21-13-11-18(29)15-30-21/h10-16H,5-9H2,1-4H3,(H,36,37)(H,30,31,34). The number of nitrogens with zero attached hydrogens (tertiary/aromatic N) is 3. The first-order valence-electron chi connectivity index (χ1n) is 12.9. The van der Waals surface area contributed by atoms with Crippen LogP contribution in [0.4, 0.5) is 16.3 Å². The van der Waals surface area contributed by atoms with Crippen LogP contribution in [-0.4, -0.2) is 51.6 Å². The fourth-order valence-electron chi connectivity index (χ4n) is 4.55. The molecule has 12 heteroatoms. The van der Waals surface area contributed by atoms with Gasteiger partial charge in [-0.15, -0.1) is 0 Å². The number of ether oxygens (including phenoxy) is 1. The number of aromatic carboxylic acids is 1. The molecule has 0 spiro atoms. The number of hydrogen-bond acceptors (Lipinski definition) is 7. The summed E-state index contributed by atoms with van der Waals surface area (Å²) in [5.41, 5.74) is -1.38. The van der Waals surface area contributed by atoms with E-state index in [9.17, 15) is 24.3 Å². The maximum Gasteiger partial charge on any atom is 0.429 e. The molecule has 4 rings (SSSR count). The number of furan rings is 1. The topological polar surface area (TPSA) is 142 Å². The summed E-state index contributed by atoms with van der Waals surface area (Å²) in [7, 11) is 1.34. The zero-order chi connectivity index (χ0) is 29.2. The summed E-state index contributed by atoms with van der Waals surface area (Å²) >= 11 is 5.86. The van der Waals surface area contributed by atoms with Crippen molar-refractivity contribution >= 4 is 58.0 Å². The molecule has 0 atom stereocenters. The van der Waals surface area contributed by atoms with E-state index in [1.54, 1.807) is 26.8 Å². The average Bonchev–Trinajstić information content (AvgIpc) is 3.34. The van der Waals surface area contributed by atoms with Crippen molar-refractivity contribution in [3.05, 3.63) is 52.9 Å². The third kappa shape index (κ3) is 6.36.